The molecule has 0 aromatic carbocycles. The minimum absolute atomic E-state index is 0.319. The third-order valence-electron chi connectivity index (χ3n) is 3.99. The lowest BCUT2D eigenvalue weighted by Gasteiger charge is -2.34. The quantitative estimate of drug-likeness (QED) is 0.936. The van der Waals surface area contributed by atoms with Crippen LogP contribution >= 0.6 is 22.7 Å². The van der Waals surface area contributed by atoms with Gasteiger partial charge in [-0.3, -0.25) is 0 Å². The van der Waals surface area contributed by atoms with E-state index < -0.39 is 0 Å². The fraction of sp³-hybridized carbons (Fsp3) is 0.600. The van der Waals surface area contributed by atoms with E-state index in [9.17, 15) is 0 Å². The molecule has 0 fully saturated rings. The van der Waals surface area contributed by atoms with Crippen LogP contribution in [0.4, 0.5) is 5.13 Å². The van der Waals surface area contributed by atoms with Crippen molar-refractivity contribution in [1.82, 2.24) is 15.3 Å². The van der Waals surface area contributed by atoms with Crippen LogP contribution in [-0.4, -0.2) is 24.1 Å². The van der Waals surface area contributed by atoms with Crippen LogP contribution in [-0.2, 0) is 13.0 Å². The van der Waals surface area contributed by atoms with Crippen molar-refractivity contribution in [2.45, 2.75) is 39.3 Å². The Morgan fingerprint density at radius 1 is 1.48 bits per heavy atom. The normalized spacial score (nSPS) is 20.3. The summed E-state index contributed by atoms with van der Waals surface area (Å²) in [6, 6.07) is 0.433. The maximum absolute atomic E-state index is 4.91. The van der Waals surface area contributed by atoms with E-state index in [4.69, 9.17) is 4.98 Å². The molecule has 0 saturated carbocycles. The first-order valence-corrected chi connectivity index (χ1v) is 8.99. The lowest BCUT2D eigenvalue weighted by Crippen LogP contribution is -2.30. The van der Waals surface area contributed by atoms with Crippen LogP contribution in [0, 0.1) is 5.41 Å². The van der Waals surface area contributed by atoms with Gasteiger partial charge in [0.15, 0.2) is 5.13 Å². The smallest absolute Gasteiger partial charge is 0.185 e. The summed E-state index contributed by atoms with van der Waals surface area (Å²) in [5.74, 6) is 0. The number of anilines is 1. The molecule has 1 atom stereocenters. The van der Waals surface area contributed by atoms with E-state index in [0.717, 1.165) is 23.8 Å². The second kappa shape index (κ2) is 5.66. The molecule has 1 aliphatic carbocycles. The van der Waals surface area contributed by atoms with E-state index in [1.807, 2.05) is 23.9 Å². The van der Waals surface area contributed by atoms with Crippen molar-refractivity contribution < 1.29 is 0 Å². The van der Waals surface area contributed by atoms with E-state index in [2.05, 4.69) is 41.5 Å². The molecule has 0 amide bonds. The summed E-state index contributed by atoms with van der Waals surface area (Å²) >= 11 is 3.47. The van der Waals surface area contributed by atoms with Crippen molar-refractivity contribution in [1.29, 1.82) is 0 Å². The van der Waals surface area contributed by atoms with Crippen molar-refractivity contribution in [2.24, 2.45) is 5.41 Å². The van der Waals surface area contributed by atoms with Gasteiger partial charge in [0, 0.05) is 23.3 Å². The first-order valence-electron chi connectivity index (χ1n) is 7.23. The molecule has 114 valence electrons. The predicted octanol–water partition coefficient (Wildman–Crippen LogP) is 3.47. The van der Waals surface area contributed by atoms with E-state index in [1.165, 1.54) is 17.0 Å². The molecule has 1 unspecified atom stereocenters. The fourth-order valence-electron chi connectivity index (χ4n) is 2.94. The molecule has 1 N–H and O–H groups in total. The Morgan fingerprint density at radius 3 is 2.95 bits per heavy atom. The summed E-state index contributed by atoms with van der Waals surface area (Å²) in [5.41, 5.74) is 4.59. The van der Waals surface area contributed by atoms with Gasteiger partial charge in [0.25, 0.3) is 0 Å². The van der Waals surface area contributed by atoms with Gasteiger partial charge in [-0.15, -0.1) is 11.3 Å². The number of fused-ring (bicyclic) bond motifs is 1. The Labute approximate surface area is 134 Å². The molecule has 0 spiro atoms. The Morgan fingerprint density at radius 2 is 2.29 bits per heavy atom. The van der Waals surface area contributed by atoms with Crippen LogP contribution in [0.1, 0.15) is 42.6 Å². The Balaban J connectivity index is 1.84. The Bertz CT molecular complexity index is 603. The van der Waals surface area contributed by atoms with Gasteiger partial charge in [-0.25, -0.2) is 9.97 Å². The van der Waals surface area contributed by atoms with Gasteiger partial charge in [-0.05, 0) is 25.3 Å². The average molecular weight is 323 g/mol. The Hall–Kier alpha value is -0.980. The van der Waals surface area contributed by atoms with Crippen molar-refractivity contribution in [3.8, 4) is 0 Å². The van der Waals surface area contributed by atoms with Crippen molar-refractivity contribution >= 4 is 27.8 Å². The first kappa shape index (κ1) is 14.9. The molecule has 2 heterocycles. The van der Waals surface area contributed by atoms with Crippen LogP contribution in [0.25, 0.3) is 0 Å². The number of aromatic nitrogens is 2. The molecule has 0 bridgehead atoms. The fourth-order valence-corrected chi connectivity index (χ4v) is 4.64. The zero-order chi connectivity index (χ0) is 15.0. The largest absolute Gasteiger partial charge is 0.345 e. The topological polar surface area (TPSA) is 41.1 Å². The van der Waals surface area contributed by atoms with Crippen molar-refractivity contribution in [2.75, 3.05) is 19.0 Å². The molecule has 6 heteroatoms. The molecule has 1 aliphatic rings. The van der Waals surface area contributed by atoms with Crippen LogP contribution < -0.4 is 10.2 Å². The third-order valence-corrected chi connectivity index (χ3v) is 5.95. The highest BCUT2D eigenvalue weighted by Gasteiger charge is 2.34. The number of thiazole rings is 2. The maximum atomic E-state index is 4.91. The number of nitrogens with one attached hydrogen (secondary N) is 1. The summed E-state index contributed by atoms with van der Waals surface area (Å²) in [6.45, 7) is 5.49. The lowest BCUT2D eigenvalue weighted by atomic mass is 9.76. The first-order chi connectivity index (χ1) is 9.98. The van der Waals surface area contributed by atoms with Crippen molar-refractivity contribution in [3.05, 3.63) is 27.2 Å². The molecular weight excluding hydrogens is 300 g/mol. The van der Waals surface area contributed by atoms with E-state index >= 15 is 0 Å². The second-order valence-electron chi connectivity index (χ2n) is 6.53. The molecule has 0 saturated heterocycles. The molecular formula is C15H22N4S2. The number of nitrogens with zero attached hydrogens (tertiary/aromatic N) is 3. The van der Waals surface area contributed by atoms with E-state index in [1.54, 1.807) is 11.3 Å². The van der Waals surface area contributed by atoms with Crippen LogP contribution in [0.15, 0.2) is 10.9 Å². The van der Waals surface area contributed by atoms with Gasteiger partial charge < -0.3 is 10.2 Å². The summed E-state index contributed by atoms with van der Waals surface area (Å²) in [4.78, 5) is 12.9. The monoisotopic (exact) mass is 322 g/mol. The minimum Gasteiger partial charge on any atom is -0.345 e. The van der Waals surface area contributed by atoms with Gasteiger partial charge in [-0.2, -0.15) is 0 Å². The second-order valence-corrected chi connectivity index (χ2v) is 8.26. The Kier molecular flexibility index (Phi) is 4.03. The van der Waals surface area contributed by atoms with Crippen molar-refractivity contribution in [3.63, 3.8) is 0 Å². The predicted molar refractivity (Wildman–Crippen MR) is 90.2 cm³/mol. The van der Waals surface area contributed by atoms with Crippen LogP contribution in [0.3, 0.4) is 0 Å². The molecule has 2 aromatic heterocycles. The summed E-state index contributed by atoms with van der Waals surface area (Å²) in [7, 11) is 4.15. The highest BCUT2D eigenvalue weighted by molar-refractivity contribution is 7.15. The third kappa shape index (κ3) is 3.12. The summed E-state index contributed by atoms with van der Waals surface area (Å²) in [5, 5.41) is 6.66. The molecule has 2 aromatic rings. The zero-order valence-electron chi connectivity index (χ0n) is 13.0. The van der Waals surface area contributed by atoms with Gasteiger partial charge in [-0.1, -0.05) is 25.2 Å². The molecule has 0 aliphatic heterocycles. The number of rotatable bonds is 4. The molecule has 4 nitrogen and oxygen atoms in total. The SMILES string of the molecule is CNC1CC(C)(C)Cc2nc(N(C)Cc3cscn3)sc21. The van der Waals surface area contributed by atoms with E-state index in [0.29, 0.717) is 11.5 Å². The highest BCUT2D eigenvalue weighted by Crippen LogP contribution is 2.44. The highest BCUT2D eigenvalue weighted by atomic mass is 32.1. The van der Waals surface area contributed by atoms with Gasteiger partial charge in [0.05, 0.1) is 23.4 Å². The standard InChI is InChI=1S/C15H22N4S2/c1-15(2)5-11(16-3)13-12(6-15)18-14(21-13)19(4)7-10-8-20-9-17-10/h8-9,11,16H,5-7H2,1-4H3. The maximum Gasteiger partial charge on any atom is 0.185 e. The van der Waals surface area contributed by atoms with Gasteiger partial charge in [0.2, 0.25) is 0 Å². The number of hydrogen-bond acceptors (Lipinski definition) is 6. The van der Waals surface area contributed by atoms with Crippen LogP contribution in [0.2, 0.25) is 0 Å². The van der Waals surface area contributed by atoms with Gasteiger partial charge >= 0.3 is 0 Å². The zero-order valence-corrected chi connectivity index (χ0v) is 14.6. The van der Waals surface area contributed by atoms with E-state index in [-0.39, 0.29) is 0 Å². The van der Waals surface area contributed by atoms with Crippen LogP contribution in [0.5, 0.6) is 0 Å². The molecule has 21 heavy (non-hydrogen) atoms. The summed E-state index contributed by atoms with van der Waals surface area (Å²) in [6.07, 6.45) is 2.25. The average Bonchev–Trinajstić information content (AvgIpc) is 3.05. The minimum atomic E-state index is 0.319. The lowest BCUT2D eigenvalue weighted by molar-refractivity contribution is 0.265. The molecule has 0 radical (unpaired) electrons. The number of hydrogen-bond donors (Lipinski definition) is 1. The van der Waals surface area contributed by atoms with Gasteiger partial charge in [0.1, 0.15) is 0 Å². The molecule has 3 rings (SSSR count). The summed E-state index contributed by atoms with van der Waals surface area (Å²) < 4.78 is 0.